The molecule has 0 spiro atoms. The molecule has 17 heavy (non-hydrogen) atoms. The number of carbonyl (C=O) groups excluding carboxylic acids is 1. The Hall–Kier alpha value is -0.900. The summed E-state index contributed by atoms with van der Waals surface area (Å²) in [6.45, 7) is 8.77. The average molecular weight is 252 g/mol. The number of aldehydes is 1. The molecule has 2 heterocycles. The number of piperidine rings is 1. The van der Waals surface area contributed by atoms with Gasteiger partial charge in [-0.05, 0) is 24.7 Å². The van der Waals surface area contributed by atoms with Gasteiger partial charge < -0.3 is 4.90 Å². The van der Waals surface area contributed by atoms with Gasteiger partial charge >= 0.3 is 0 Å². The summed E-state index contributed by atoms with van der Waals surface area (Å²) in [6, 6.07) is 0. The Kier molecular flexibility index (Phi) is 3.82. The van der Waals surface area contributed by atoms with Crippen LogP contribution in [0.15, 0.2) is 0 Å². The van der Waals surface area contributed by atoms with Gasteiger partial charge in [0.2, 0.25) is 0 Å². The topological polar surface area (TPSA) is 33.2 Å². The Morgan fingerprint density at radius 3 is 2.53 bits per heavy atom. The fourth-order valence-corrected chi connectivity index (χ4v) is 3.64. The van der Waals surface area contributed by atoms with Crippen molar-refractivity contribution in [2.75, 3.05) is 18.0 Å². The van der Waals surface area contributed by atoms with Gasteiger partial charge in [-0.25, -0.2) is 4.98 Å². The van der Waals surface area contributed by atoms with Crippen molar-refractivity contribution in [2.24, 2.45) is 11.8 Å². The van der Waals surface area contributed by atoms with E-state index in [0.29, 0.717) is 11.8 Å². The van der Waals surface area contributed by atoms with E-state index in [1.54, 1.807) is 11.3 Å². The van der Waals surface area contributed by atoms with Gasteiger partial charge in [0.05, 0.1) is 10.6 Å². The van der Waals surface area contributed by atoms with Crippen LogP contribution in [0.1, 0.15) is 42.6 Å². The quantitative estimate of drug-likeness (QED) is 0.775. The van der Waals surface area contributed by atoms with Crippen LogP contribution >= 0.6 is 11.3 Å². The highest BCUT2D eigenvalue weighted by Gasteiger charge is 2.24. The average Bonchev–Trinajstić information content (AvgIpc) is 2.70. The Morgan fingerprint density at radius 1 is 1.41 bits per heavy atom. The van der Waals surface area contributed by atoms with Crippen molar-refractivity contribution in [1.29, 1.82) is 0 Å². The highest BCUT2D eigenvalue weighted by Crippen LogP contribution is 2.30. The molecule has 1 aromatic heterocycles. The van der Waals surface area contributed by atoms with E-state index in [1.165, 1.54) is 6.42 Å². The number of aryl methyl sites for hydroxylation is 1. The summed E-state index contributed by atoms with van der Waals surface area (Å²) in [5.41, 5.74) is 0.950. The fourth-order valence-electron chi connectivity index (χ4n) is 2.65. The first-order valence-electron chi connectivity index (χ1n) is 6.33. The van der Waals surface area contributed by atoms with Crippen molar-refractivity contribution < 1.29 is 4.79 Å². The smallest absolute Gasteiger partial charge is 0.186 e. The summed E-state index contributed by atoms with van der Waals surface area (Å²) in [4.78, 5) is 18.7. The third-order valence-corrected chi connectivity index (χ3v) is 4.38. The number of aromatic nitrogens is 1. The maximum Gasteiger partial charge on any atom is 0.186 e. The maximum atomic E-state index is 11.0. The summed E-state index contributed by atoms with van der Waals surface area (Å²) in [5, 5.41) is 1.03. The molecule has 4 heteroatoms. The van der Waals surface area contributed by atoms with Crippen molar-refractivity contribution in [3.05, 3.63) is 10.6 Å². The summed E-state index contributed by atoms with van der Waals surface area (Å²) in [7, 11) is 0. The van der Waals surface area contributed by atoms with Crippen LogP contribution in [0.3, 0.4) is 0 Å². The number of hydrogen-bond acceptors (Lipinski definition) is 4. The molecular formula is C13H20N2OS. The van der Waals surface area contributed by atoms with Crippen LogP contribution in [-0.2, 0) is 6.42 Å². The Balaban J connectivity index is 2.21. The van der Waals surface area contributed by atoms with Gasteiger partial charge in [-0.3, -0.25) is 4.79 Å². The van der Waals surface area contributed by atoms with Crippen LogP contribution < -0.4 is 4.90 Å². The number of nitrogens with zero attached hydrogens (tertiary/aromatic N) is 2. The van der Waals surface area contributed by atoms with Crippen LogP contribution in [0.4, 0.5) is 5.13 Å². The van der Waals surface area contributed by atoms with E-state index in [0.717, 1.165) is 41.5 Å². The van der Waals surface area contributed by atoms with Crippen LogP contribution in [0.2, 0.25) is 0 Å². The number of anilines is 1. The van der Waals surface area contributed by atoms with Crippen LogP contribution in [0, 0.1) is 11.8 Å². The Morgan fingerprint density at radius 2 is 2.06 bits per heavy atom. The SMILES string of the molecule is CCc1nc(N2CC(C)CC(C)C2)sc1C=O. The third kappa shape index (κ3) is 2.68. The lowest BCUT2D eigenvalue weighted by Gasteiger charge is -2.34. The standard InChI is InChI=1S/C13H20N2OS/c1-4-11-12(8-16)17-13(14-11)15-6-9(2)5-10(3)7-15/h8-10H,4-7H2,1-3H3. The lowest BCUT2D eigenvalue weighted by atomic mass is 9.92. The molecule has 2 atom stereocenters. The highest BCUT2D eigenvalue weighted by atomic mass is 32.1. The lowest BCUT2D eigenvalue weighted by Crippen LogP contribution is -2.38. The van der Waals surface area contributed by atoms with Crippen molar-refractivity contribution in [1.82, 2.24) is 4.98 Å². The molecule has 0 radical (unpaired) electrons. The van der Waals surface area contributed by atoms with E-state index in [1.807, 2.05) is 6.92 Å². The largest absolute Gasteiger partial charge is 0.348 e. The number of thiazole rings is 1. The number of rotatable bonds is 3. The predicted octanol–water partition coefficient (Wildman–Crippen LogP) is 3.00. The summed E-state index contributed by atoms with van der Waals surface area (Å²) in [6.07, 6.45) is 3.07. The predicted molar refractivity (Wildman–Crippen MR) is 72.0 cm³/mol. The fraction of sp³-hybridized carbons (Fsp3) is 0.692. The lowest BCUT2D eigenvalue weighted by molar-refractivity contribution is 0.112. The van der Waals surface area contributed by atoms with E-state index in [9.17, 15) is 4.79 Å². The van der Waals surface area contributed by atoms with Gasteiger partial charge in [0, 0.05) is 13.1 Å². The van der Waals surface area contributed by atoms with Crippen molar-refractivity contribution in [3.63, 3.8) is 0 Å². The minimum absolute atomic E-state index is 0.715. The summed E-state index contributed by atoms with van der Waals surface area (Å²) in [5.74, 6) is 1.43. The van der Waals surface area contributed by atoms with Gasteiger partial charge in [0.1, 0.15) is 0 Å². The van der Waals surface area contributed by atoms with E-state index in [4.69, 9.17) is 0 Å². The first-order chi connectivity index (χ1) is 8.13. The van der Waals surface area contributed by atoms with Gasteiger partial charge in [0.15, 0.2) is 11.4 Å². The minimum Gasteiger partial charge on any atom is -0.348 e. The van der Waals surface area contributed by atoms with Gasteiger partial charge in [-0.15, -0.1) is 0 Å². The van der Waals surface area contributed by atoms with Crippen molar-refractivity contribution in [3.8, 4) is 0 Å². The van der Waals surface area contributed by atoms with E-state index in [2.05, 4.69) is 23.7 Å². The summed E-state index contributed by atoms with van der Waals surface area (Å²) < 4.78 is 0. The molecule has 0 amide bonds. The zero-order chi connectivity index (χ0) is 12.4. The number of carbonyl (C=O) groups is 1. The monoisotopic (exact) mass is 252 g/mol. The molecule has 0 saturated carbocycles. The summed E-state index contributed by atoms with van der Waals surface area (Å²) >= 11 is 1.54. The second-order valence-electron chi connectivity index (χ2n) is 5.13. The molecule has 1 aromatic rings. The second-order valence-corrected chi connectivity index (χ2v) is 6.14. The van der Waals surface area contributed by atoms with Crippen molar-refractivity contribution >= 4 is 22.8 Å². The molecular weight excluding hydrogens is 232 g/mol. The van der Waals surface area contributed by atoms with Gasteiger partial charge in [-0.1, -0.05) is 32.1 Å². The first kappa shape index (κ1) is 12.6. The van der Waals surface area contributed by atoms with Crippen LogP contribution in [0.5, 0.6) is 0 Å². The number of hydrogen-bond donors (Lipinski definition) is 0. The van der Waals surface area contributed by atoms with Crippen LogP contribution in [0.25, 0.3) is 0 Å². The molecule has 3 nitrogen and oxygen atoms in total. The molecule has 1 fully saturated rings. The van der Waals surface area contributed by atoms with Crippen molar-refractivity contribution in [2.45, 2.75) is 33.6 Å². The Labute approximate surface area is 107 Å². The normalized spacial score (nSPS) is 25.0. The van der Waals surface area contributed by atoms with E-state index < -0.39 is 0 Å². The van der Waals surface area contributed by atoms with Gasteiger partial charge in [0.25, 0.3) is 0 Å². The molecule has 2 rings (SSSR count). The van der Waals surface area contributed by atoms with E-state index in [-0.39, 0.29) is 0 Å². The zero-order valence-electron chi connectivity index (χ0n) is 10.8. The highest BCUT2D eigenvalue weighted by molar-refractivity contribution is 7.17. The van der Waals surface area contributed by atoms with Crippen LogP contribution in [-0.4, -0.2) is 24.4 Å². The zero-order valence-corrected chi connectivity index (χ0v) is 11.6. The maximum absolute atomic E-state index is 11.0. The molecule has 0 aromatic carbocycles. The molecule has 0 aliphatic carbocycles. The molecule has 0 bridgehead atoms. The Bertz CT molecular complexity index is 392. The second kappa shape index (κ2) is 5.17. The molecule has 1 aliphatic rings. The molecule has 2 unspecified atom stereocenters. The van der Waals surface area contributed by atoms with E-state index >= 15 is 0 Å². The molecule has 1 saturated heterocycles. The minimum atomic E-state index is 0.715. The first-order valence-corrected chi connectivity index (χ1v) is 7.15. The molecule has 0 N–H and O–H groups in total. The third-order valence-electron chi connectivity index (χ3n) is 3.30. The molecule has 1 aliphatic heterocycles. The van der Waals surface area contributed by atoms with Gasteiger partial charge in [-0.2, -0.15) is 0 Å². The molecule has 94 valence electrons.